The summed E-state index contributed by atoms with van der Waals surface area (Å²) in [6.07, 6.45) is 5.73. The first kappa shape index (κ1) is 21.3. The van der Waals surface area contributed by atoms with Crippen LogP contribution in [0.1, 0.15) is 49.4 Å². The maximum absolute atomic E-state index is 13.2. The molecule has 6 heteroatoms. The average molecular weight is 450 g/mol. The van der Waals surface area contributed by atoms with Crippen LogP contribution >= 0.6 is 15.9 Å². The monoisotopic (exact) mass is 449 g/mol. The molecule has 0 spiro atoms. The molecule has 2 aliphatic rings. The highest BCUT2D eigenvalue weighted by atomic mass is 79.9. The van der Waals surface area contributed by atoms with Crippen LogP contribution in [0.4, 0.5) is 0 Å². The molecule has 1 aliphatic carbocycles. The van der Waals surface area contributed by atoms with Crippen molar-refractivity contribution in [2.75, 3.05) is 39.8 Å². The number of hydrogen-bond acceptors (Lipinski definition) is 3. The first-order valence-electron chi connectivity index (χ1n) is 10.5. The molecule has 28 heavy (non-hydrogen) atoms. The number of halogens is 1. The lowest BCUT2D eigenvalue weighted by molar-refractivity contribution is -0.138. The number of carbonyl (C=O) groups is 2. The second-order valence-electron chi connectivity index (χ2n) is 8.09. The highest BCUT2D eigenvalue weighted by molar-refractivity contribution is 9.10. The SMILES string of the molecule is CCCN(C)C(=O)C(C1CCCC1)N1CCN(C(=O)c2cccc(Br)c2)CC1. The van der Waals surface area contributed by atoms with Gasteiger partial charge in [0.15, 0.2) is 0 Å². The van der Waals surface area contributed by atoms with Crippen molar-refractivity contribution in [3.05, 3.63) is 34.3 Å². The minimum absolute atomic E-state index is 0.0258. The summed E-state index contributed by atoms with van der Waals surface area (Å²) in [6, 6.07) is 7.54. The number of amides is 2. The molecule has 5 nitrogen and oxygen atoms in total. The predicted molar refractivity (Wildman–Crippen MR) is 115 cm³/mol. The molecular weight excluding hydrogens is 418 g/mol. The van der Waals surface area contributed by atoms with Crippen LogP contribution in [-0.2, 0) is 4.79 Å². The minimum Gasteiger partial charge on any atom is -0.344 e. The Balaban J connectivity index is 1.66. The van der Waals surface area contributed by atoms with Gasteiger partial charge in [0.05, 0.1) is 6.04 Å². The van der Waals surface area contributed by atoms with Crippen LogP contribution in [0.5, 0.6) is 0 Å². The van der Waals surface area contributed by atoms with E-state index in [1.807, 2.05) is 41.1 Å². The first-order valence-corrected chi connectivity index (χ1v) is 11.3. The molecule has 0 bridgehead atoms. The predicted octanol–water partition coefficient (Wildman–Crippen LogP) is 3.63. The third-order valence-electron chi connectivity index (χ3n) is 6.10. The van der Waals surface area contributed by atoms with Crippen molar-refractivity contribution >= 4 is 27.7 Å². The van der Waals surface area contributed by atoms with Gasteiger partial charge in [-0.1, -0.05) is 41.8 Å². The van der Waals surface area contributed by atoms with E-state index in [2.05, 4.69) is 27.8 Å². The van der Waals surface area contributed by atoms with E-state index in [4.69, 9.17) is 0 Å². The third-order valence-corrected chi connectivity index (χ3v) is 6.59. The number of likely N-dealkylation sites (N-methyl/N-ethyl adjacent to an activating group) is 1. The molecule has 1 unspecified atom stereocenters. The van der Waals surface area contributed by atoms with E-state index in [0.29, 0.717) is 24.6 Å². The van der Waals surface area contributed by atoms with Gasteiger partial charge in [-0.15, -0.1) is 0 Å². The molecule has 3 rings (SSSR count). The van der Waals surface area contributed by atoms with Crippen molar-refractivity contribution in [2.45, 2.75) is 45.1 Å². The third kappa shape index (κ3) is 4.95. The minimum atomic E-state index is -0.0258. The van der Waals surface area contributed by atoms with Crippen molar-refractivity contribution in [2.24, 2.45) is 5.92 Å². The Morgan fingerprint density at radius 2 is 1.86 bits per heavy atom. The topological polar surface area (TPSA) is 43.9 Å². The van der Waals surface area contributed by atoms with Crippen LogP contribution < -0.4 is 0 Å². The van der Waals surface area contributed by atoms with E-state index in [1.165, 1.54) is 12.8 Å². The molecule has 0 N–H and O–H groups in total. The fraction of sp³-hybridized carbons (Fsp3) is 0.636. The maximum Gasteiger partial charge on any atom is 0.253 e. The Hall–Kier alpha value is -1.40. The number of piperazine rings is 1. The second-order valence-corrected chi connectivity index (χ2v) is 9.00. The number of hydrogen-bond donors (Lipinski definition) is 0. The van der Waals surface area contributed by atoms with E-state index < -0.39 is 0 Å². The average Bonchev–Trinajstić information content (AvgIpc) is 3.22. The highest BCUT2D eigenvalue weighted by Gasteiger charge is 2.38. The van der Waals surface area contributed by atoms with Gasteiger partial charge in [0.25, 0.3) is 5.91 Å². The summed E-state index contributed by atoms with van der Waals surface area (Å²) in [5.41, 5.74) is 0.717. The molecular formula is C22H32BrN3O2. The van der Waals surface area contributed by atoms with Gasteiger partial charge in [0.2, 0.25) is 5.91 Å². The van der Waals surface area contributed by atoms with Crippen LogP contribution in [0.2, 0.25) is 0 Å². The van der Waals surface area contributed by atoms with Crippen molar-refractivity contribution < 1.29 is 9.59 Å². The quantitative estimate of drug-likeness (QED) is 0.665. The fourth-order valence-electron chi connectivity index (χ4n) is 4.61. The summed E-state index contributed by atoms with van der Waals surface area (Å²) < 4.78 is 0.919. The maximum atomic E-state index is 13.2. The normalized spacial score (nSPS) is 19.6. The largest absolute Gasteiger partial charge is 0.344 e. The Labute approximate surface area is 177 Å². The lowest BCUT2D eigenvalue weighted by atomic mass is 9.94. The van der Waals surface area contributed by atoms with Crippen LogP contribution in [0.3, 0.4) is 0 Å². The van der Waals surface area contributed by atoms with Crippen LogP contribution in [0.25, 0.3) is 0 Å². The molecule has 2 fully saturated rings. The van der Waals surface area contributed by atoms with Gasteiger partial charge >= 0.3 is 0 Å². The van der Waals surface area contributed by atoms with E-state index >= 15 is 0 Å². The van der Waals surface area contributed by atoms with Gasteiger partial charge in [0, 0.05) is 49.8 Å². The standard InChI is InChI=1S/C22H32BrN3O2/c1-3-11-24(2)22(28)20(17-7-4-5-8-17)25-12-14-26(15-13-25)21(27)18-9-6-10-19(23)16-18/h6,9-10,16-17,20H,3-5,7-8,11-15H2,1-2H3. The molecule has 1 saturated carbocycles. The zero-order valence-corrected chi connectivity index (χ0v) is 18.7. The first-order chi connectivity index (χ1) is 13.5. The van der Waals surface area contributed by atoms with E-state index in [1.54, 1.807) is 0 Å². The van der Waals surface area contributed by atoms with Crippen molar-refractivity contribution in [1.29, 1.82) is 0 Å². The fourth-order valence-corrected chi connectivity index (χ4v) is 5.01. The van der Waals surface area contributed by atoms with Gasteiger partial charge in [0.1, 0.15) is 0 Å². The zero-order valence-electron chi connectivity index (χ0n) is 17.1. The number of carbonyl (C=O) groups excluding carboxylic acids is 2. The van der Waals surface area contributed by atoms with Gasteiger partial charge in [-0.3, -0.25) is 14.5 Å². The van der Waals surface area contributed by atoms with E-state index in [9.17, 15) is 9.59 Å². The molecule has 0 aromatic heterocycles. The van der Waals surface area contributed by atoms with Gasteiger partial charge in [-0.05, 0) is 43.4 Å². The number of nitrogens with zero attached hydrogens (tertiary/aromatic N) is 3. The molecule has 0 radical (unpaired) electrons. The van der Waals surface area contributed by atoms with Gasteiger partial charge < -0.3 is 9.80 Å². The zero-order chi connectivity index (χ0) is 20.1. The Morgan fingerprint density at radius 1 is 1.18 bits per heavy atom. The lowest BCUT2D eigenvalue weighted by Gasteiger charge is -2.42. The van der Waals surface area contributed by atoms with Crippen molar-refractivity contribution in [3.8, 4) is 0 Å². The van der Waals surface area contributed by atoms with Gasteiger partial charge in [-0.25, -0.2) is 0 Å². The second kappa shape index (κ2) is 9.88. The highest BCUT2D eigenvalue weighted by Crippen LogP contribution is 2.32. The summed E-state index contributed by atoms with van der Waals surface area (Å²) in [7, 11) is 1.93. The molecule has 1 aromatic rings. The summed E-state index contributed by atoms with van der Waals surface area (Å²) in [4.78, 5) is 32.2. The number of benzene rings is 1. The molecule has 1 saturated heterocycles. The molecule has 1 aliphatic heterocycles. The Bertz CT molecular complexity index is 682. The van der Waals surface area contributed by atoms with E-state index in [-0.39, 0.29) is 17.9 Å². The molecule has 1 atom stereocenters. The summed E-state index contributed by atoms with van der Waals surface area (Å²) in [6.45, 7) is 5.82. The summed E-state index contributed by atoms with van der Waals surface area (Å²) in [5, 5.41) is 0. The molecule has 154 valence electrons. The van der Waals surface area contributed by atoms with Gasteiger partial charge in [-0.2, -0.15) is 0 Å². The molecule has 1 heterocycles. The molecule has 1 aromatic carbocycles. The van der Waals surface area contributed by atoms with Crippen LogP contribution in [0.15, 0.2) is 28.7 Å². The number of rotatable bonds is 6. The Morgan fingerprint density at radius 3 is 2.46 bits per heavy atom. The van der Waals surface area contributed by atoms with Crippen molar-refractivity contribution in [1.82, 2.24) is 14.7 Å². The van der Waals surface area contributed by atoms with Crippen LogP contribution in [-0.4, -0.2) is 72.3 Å². The van der Waals surface area contributed by atoms with Crippen molar-refractivity contribution in [3.63, 3.8) is 0 Å². The van der Waals surface area contributed by atoms with E-state index in [0.717, 1.165) is 43.4 Å². The molecule has 2 amide bonds. The Kier molecular flexibility index (Phi) is 7.52. The smallest absolute Gasteiger partial charge is 0.253 e. The summed E-state index contributed by atoms with van der Waals surface area (Å²) in [5.74, 6) is 0.799. The summed E-state index contributed by atoms with van der Waals surface area (Å²) >= 11 is 3.44. The lowest BCUT2D eigenvalue weighted by Crippen LogP contribution is -2.58. The van der Waals surface area contributed by atoms with Crippen LogP contribution in [0, 0.1) is 5.92 Å².